The van der Waals surface area contributed by atoms with E-state index in [0.717, 1.165) is 18.5 Å². The number of nitrogen functional groups attached to an aromatic ring is 1. The standard InChI is InChI=1S/C13H16N2O/c1-9(16)12-7-6-11(8-13(12)14)15-10-4-2-3-5-10/h2-3,6-8,10,15H,4-5,14H2,1H3. The lowest BCUT2D eigenvalue weighted by atomic mass is 10.1. The van der Waals surface area contributed by atoms with Gasteiger partial charge in [-0.15, -0.1) is 0 Å². The van der Waals surface area contributed by atoms with Crippen LogP contribution in [-0.2, 0) is 0 Å². The third kappa shape index (κ3) is 2.24. The van der Waals surface area contributed by atoms with Crippen molar-refractivity contribution in [3.8, 4) is 0 Å². The maximum absolute atomic E-state index is 11.2. The first-order chi connectivity index (χ1) is 7.66. The highest BCUT2D eigenvalue weighted by Gasteiger charge is 2.11. The predicted octanol–water partition coefficient (Wildman–Crippen LogP) is 2.60. The molecule has 1 aliphatic carbocycles. The number of hydrogen-bond acceptors (Lipinski definition) is 3. The number of nitrogens with one attached hydrogen (secondary N) is 1. The molecule has 0 atom stereocenters. The number of ketones is 1. The molecule has 0 unspecified atom stereocenters. The van der Waals surface area contributed by atoms with Crippen LogP contribution in [0.2, 0.25) is 0 Å². The Morgan fingerprint density at radius 3 is 2.62 bits per heavy atom. The van der Waals surface area contributed by atoms with E-state index in [1.165, 1.54) is 6.92 Å². The molecule has 0 radical (unpaired) electrons. The number of anilines is 2. The molecular weight excluding hydrogens is 200 g/mol. The molecule has 0 heterocycles. The first-order valence-electron chi connectivity index (χ1n) is 5.49. The van der Waals surface area contributed by atoms with Crippen LogP contribution in [0.3, 0.4) is 0 Å². The van der Waals surface area contributed by atoms with Crippen molar-refractivity contribution in [1.29, 1.82) is 0 Å². The van der Waals surface area contributed by atoms with E-state index in [0.29, 0.717) is 17.3 Å². The van der Waals surface area contributed by atoms with E-state index in [9.17, 15) is 4.79 Å². The largest absolute Gasteiger partial charge is 0.398 e. The fourth-order valence-corrected chi connectivity index (χ4v) is 1.94. The smallest absolute Gasteiger partial charge is 0.161 e. The van der Waals surface area contributed by atoms with Gasteiger partial charge >= 0.3 is 0 Å². The molecule has 1 aromatic carbocycles. The van der Waals surface area contributed by atoms with Crippen LogP contribution in [-0.4, -0.2) is 11.8 Å². The van der Waals surface area contributed by atoms with Gasteiger partial charge in [-0.25, -0.2) is 0 Å². The molecule has 0 fully saturated rings. The van der Waals surface area contributed by atoms with Crippen molar-refractivity contribution < 1.29 is 4.79 Å². The highest BCUT2D eigenvalue weighted by molar-refractivity contribution is 5.99. The molecule has 84 valence electrons. The van der Waals surface area contributed by atoms with Crippen molar-refractivity contribution in [3.63, 3.8) is 0 Å². The molecule has 3 nitrogen and oxygen atoms in total. The van der Waals surface area contributed by atoms with Crippen LogP contribution in [0.15, 0.2) is 30.4 Å². The van der Waals surface area contributed by atoms with Gasteiger partial charge in [0.05, 0.1) is 0 Å². The molecule has 1 aromatic rings. The lowest BCUT2D eigenvalue weighted by molar-refractivity contribution is 0.101. The first kappa shape index (κ1) is 10.7. The second-order valence-corrected chi connectivity index (χ2v) is 4.14. The normalized spacial score (nSPS) is 15.3. The molecule has 16 heavy (non-hydrogen) atoms. The van der Waals surface area contributed by atoms with Gasteiger partial charge in [-0.05, 0) is 38.0 Å². The lowest BCUT2D eigenvalue weighted by Gasteiger charge is -2.14. The van der Waals surface area contributed by atoms with Gasteiger partial charge in [0.2, 0.25) is 0 Å². The van der Waals surface area contributed by atoms with Crippen LogP contribution < -0.4 is 11.1 Å². The van der Waals surface area contributed by atoms with Gasteiger partial charge in [0, 0.05) is 23.0 Å². The summed E-state index contributed by atoms with van der Waals surface area (Å²) in [6.07, 6.45) is 6.44. The molecule has 2 rings (SSSR count). The van der Waals surface area contributed by atoms with Crippen molar-refractivity contribution in [2.24, 2.45) is 0 Å². The highest BCUT2D eigenvalue weighted by Crippen LogP contribution is 2.21. The van der Waals surface area contributed by atoms with Crippen molar-refractivity contribution in [2.45, 2.75) is 25.8 Å². The SMILES string of the molecule is CC(=O)c1ccc(NC2CC=CC2)cc1N. The number of carbonyl (C=O) groups excluding carboxylic acids is 1. The van der Waals surface area contributed by atoms with E-state index in [1.807, 2.05) is 12.1 Å². The monoisotopic (exact) mass is 216 g/mol. The molecule has 0 saturated carbocycles. The van der Waals surface area contributed by atoms with Crippen molar-refractivity contribution >= 4 is 17.2 Å². The molecule has 1 aliphatic rings. The van der Waals surface area contributed by atoms with Crippen LogP contribution in [0, 0.1) is 0 Å². The van der Waals surface area contributed by atoms with Crippen LogP contribution in [0.25, 0.3) is 0 Å². The topological polar surface area (TPSA) is 55.1 Å². The van der Waals surface area contributed by atoms with Gasteiger partial charge in [-0.2, -0.15) is 0 Å². The molecule has 0 aliphatic heterocycles. The summed E-state index contributed by atoms with van der Waals surface area (Å²) < 4.78 is 0. The zero-order chi connectivity index (χ0) is 11.5. The number of benzene rings is 1. The summed E-state index contributed by atoms with van der Waals surface area (Å²) in [5, 5.41) is 3.39. The number of nitrogens with two attached hydrogens (primary N) is 1. The molecule has 0 spiro atoms. The third-order valence-electron chi connectivity index (χ3n) is 2.81. The molecule has 0 saturated heterocycles. The van der Waals surface area contributed by atoms with E-state index in [2.05, 4.69) is 17.5 Å². The fourth-order valence-electron chi connectivity index (χ4n) is 1.94. The van der Waals surface area contributed by atoms with Crippen molar-refractivity contribution in [2.75, 3.05) is 11.1 Å². The Labute approximate surface area is 95.3 Å². The van der Waals surface area contributed by atoms with E-state index in [4.69, 9.17) is 5.73 Å². The lowest BCUT2D eigenvalue weighted by Crippen LogP contribution is -2.15. The molecule has 0 aromatic heterocycles. The highest BCUT2D eigenvalue weighted by atomic mass is 16.1. The Morgan fingerprint density at radius 1 is 1.38 bits per heavy atom. The maximum atomic E-state index is 11.2. The molecule has 0 bridgehead atoms. The van der Waals surface area contributed by atoms with Crippen LogP contribution in [0.5, 0.6) is 0 Å². The minimum absolute atomic E-state index is 0.00610. The zero-order valence-electron chi connectivity index (χ0n) is 9.36. The minimum atomic E-state index is 0.00610. The van der Waals surface area contributed by atoms with Crippen LogP contribution >= 0.6 is 0 Å². The number of Topliss-reactive ketones (excluding diaryl/α,β-unsaturated/α-hetero) is 1. The Balaban J connectivity index is 2.11. The summed E-state index contributed by atoms with van der Waals surface area (Å²) >= 11 is 0. The van der Waals surface area contributed by atoms with Gasteiger partial charge in [0.15, 0.2) is 5.78 Å². The van der Waals surface area contributed by atoms with Gasteiger partial charge in [0.25, 0.3) is 0 Å². The van der Waals surface area contributed by atoms with E-state index in [-0.39, 0.29) is 5.78 Å². The average Bonchev–Trinajstić information content (AvgIpc) is 2.70. The zero-order valence-corrected chi connectivity index (χ0v) is 9.36. The summed E-state index contributed by atoms with van der Waals surface area (Å²) in [6, 6.07) is 5.98. The Hall–Kier alpha value is -1.77. The number of rotatable bonds is 3. The summed E-state index contributed by atoms with van der Waals surface area (Å²) in [6.45, 7) is 1.53. The van der Waals surface area contributed by atoms with Crippen LogP contribution in [0.1, 0.15) is 30.1 Å². The van der Waals surface area contributed by atoms with Gasteiger partial charge in [0.1, 0.15) is 0 Å². The van der Waals surface area contributed by atoms with Crippen molar-refractivity contribution in [3.05, 3.63) is 35.9 Å². The van der Waals surface area contributed by atoms with Crippen LogP contribution in [0.4, 0.5) is 11.4 Å². The molecule has 0 amide bonds. The molecule has 3 N–H and O–H groups in total. The fraction of sp³-hybridized carbons (Fsp3) is 0.308. The Bertz CT molecular complexity index is 430. The second kappa shape index (κ2) is 4.39. The number of hydrogen-bond donors (Lipinski definition) is 2. The van der Waals surface area contributed by atoms with Crippen molar-refractivity contribution in [1.82, 2.24) is 0 Å². The van der Waals surface area contributed by atoms with Gasteiger partial charge in [-0.1, -0.05) is 12.2 Å². The summed E-state index contributed by atoms with van der Waals surface area (Å²) in [4.78, 5) is 11.2. The van der Waals surface area contributed by atoms with Gasteiger partial charge < -0.3 is 11.1 Å². The summed E-state index contributed by atoms with van der Waals surface area (Å²) in [5.41, 5.74) is 7.94. The first-order valence-corrected chi connectivity index (χ1v) is 5.49. The maximum Gasteiger partial charge on any atom is 0.161 e. The van der Waals surface area contributed by atoms with E-state index >= 15 is 0 Å². The van der Waals surface area contributed by atoms with Gasteiger partial charge in [-0.3, -0.25) is 4.79 Å². The molecular formula is C13H16N2O. The Morgan fingerprint density at radius 2 is 2.06 bits per heavy atom. The quantitative estimate of drug-likeness (QED) is 0.464. The minimum Gasteiger partial charge on any atom is -0.398 e. The van der Waals surface area contributed by atoms with E-state index < -0.39 is 0 Å². The number of carbonyl (C=O) groups is 1. The summed E-state index contributed by atoms with van der Waals surface area (Å²) in [7, 11) is 0. The molecule has 3 heteroatoms. The average molecular weight is 216 g/mol. The second-order valence-electron chi connectivity index (χ2n) is 4.14. The predicted molar refractivity (Wildman–Crippen MR) is 66.6 cm³/mol. The Kier molecular flexibility index (Phi) is 2.95. The van der Waals surface area contributed by atoms with E-state index in [1.54, 1.807) is 6.07 Å². The third-order valence-corrected chi connectivity index (χ3v) is 2.81. The summed E-state index contributed by atoms with van der Waals surface area (Å²) in [5.74, 6) is 0.00610.